The van der Waals surface area contributed by atoms with Gasteiger partial charge >= 0.3 is 0 Å². The zero-order valence-electron chi connectivity index (χ0n) is 22.2. The monoisotopic (exact) mass is 552 g/mol. The van der Waals surface area contributed by atoms with Crippen LogP contribution in [0.5, 0.6) is 0 Å². The number of hydrogen-bond donors (Lipinski definition) is 2. The lowest BCUT2D eigenvalue weighted by atomic mass is 9.66. The molecule has 2 N–H and O–H groups in total. The van der Waals surface area contributed by atoms with Gasteiger partial charge in [0.05, 0.1) is 5.60 Å². The van der Waals surface area contributed by atoms with Crippen LogP contribution in [-0.4, -0.2) is 41.0 Å². The number of carbonyl (C=O) groups excluding carboxylic acids is 2. The van der Waals surface area contributed by atoms with Crippen molar-refractivity contribution in [1.82, 2.24) is 10.2 Å². The van der Waals surface area contributed by atoms with E-state index in [9.17, 15) is 14.7 Å². The summed E-state index contributed by atoms with van der Waals surface area (Å²) in [5.74, 6) is -0.597. The molecule has 0 saturated carbocycles. The Labute approximate surface area is 234 Å². The molecule has 1 aliphatic rings. The van der Waals surface area contributed by atoms with Gasteiger partial charge in [0.1, 0.15) is 6.04 Å². The van der Waals surface area contributed by atoms with E-state index in [4.69, 9.17) is 23.2 Å². The normalized spacial score (nSPS) is 19.7. The van der Waals surface area contributed by atoms with Gasteiger partial charge in [0, 0.05) is 39.7 Å². The van der Waals surface area contributed by atoms with Gasteiger partial charge in [-0.25, -0.2) is 0 Å². The molecule has 3 aromatic carbocycles. The van der Waals surface area contributed by atoms with E-state index in [1.807, 2.05) is 76.2 Å². The van der Waals surface area contributed by atoms with Crippen LogP contribution in [0.1, 0.15) is 50.0 Å². The minimum atomic E-state index is -1.11. The van der Waals surface area contributed by atoms with E-state index in [-0.39, 0.29) is 17.7 Å². The van der Waals surface area contributed by atoms with Crippen LogP contribution in [0.25, 0.3) is 11.1 Å². The summed E-state index contributed by atoms with van der Waals surface area (Å²) in [6.45, 7) is 8.49. The van der Waals surface area contributed by atoms with Gasteiger partial charge in [-0.05, 0) is 53.8 Å². The Balaban J connectivity index is 1.51. The highest BCUT2D eigenvalue weighted by atomic mass is 35.5. The first-order valence-electron chi connectivity index (χ1n) is 12.9. The fourth-order valence-corrected chi connectivity index (χ4v) is 5.60. The van der Waals surface area contributed by atoms with Gasteiger partial charge in [-0.2, -0.15) is 0 Å². The lowest BCUT2D eigenvalue weighted by Gasteiger charge is -2.51. The summed E-state index contributed by atoms with van der Waals surface area (Å²) in [6, 6.07) is 21.2. The van der Waals surface area contributed by atoms with Crippen molar-refractivity contribution in [2.24, 2.45) is 11.3 Å². The van der Waals surface area contributed by atoms with Crippen LogP contribution in [0.4, 0.5) is 0 Å². The number of likely N-dealkylation sites (tertiary alicyclic amines) is 1. The van der Waals surface area contributed by atoms with Gasteiger partial charge in [0.2, 0.25) is 5.91 Å². The molecule has 1 fully saturated rings. The molecule has 2 atom stereocenters. The van der Waals surface area contributed by atoms with Crippen LogP contribution in [0, 0.1) is 11.3 Å². The average molecular weight is 554 g/mol. The standard InChI is InChI=1S/C31H34Cl2N2O3/c1-20(2)27(34-28(36)22-9-7-8-21(18-22)25-10-5-6-11-26(25)33)29(37)35-17-16-31(38,30(3,4)19-35)23-12-14-24(32)15-13-23/h5-15,18,20,27,38H,16-17,19H2,1-4H3,(H,34,36)/t27-,31+/m1/s1. The second kappa shape index (κ2) is 11.1. The highest BCUT2D eigenvalue weighted by molar-refractivity contribution is 6.33. The van der Waals surface area contributed by atoms with E-state index in [2.05, 4.69) is 5.32 Å². The molecule has 2 amide bonds. The number of halogens is 2. The summed E-state index contributed by atoms with van der Waals surface area (Å²) >= 11 is 12.4. The molecule has 1 aliphatic heterocycles. The Kier molecular flexibility index (Phi) is 8.22. The Bertz CT molecular complexity index is 1320. The number of benzene rings is 3. The summed E-state index contributed by atoms with van der Waals surface area (Å²) in [7, 11) is 0. The molecule has 0 spiro atoms. The van der Waals surface area contributed by atoms with Gasteiger partial charge in [-0.3, -0.25) is 9.59 Å². The van der Waals surface area contributed by atoms with Gasteiger partial charge in [-0.1, -0.05) is 93.4 Å². The lowest BCUT2D eigenvalue weighted by molar-refractivity contribution is -0.155. The van der Waals surface area contributed by atoms with E-state index >= 15 is 0 Å². The second-order valence-corrected chi connectivity index (χ2v) is 11.9. The van der Waals surface area contributed by atoms with Crippen LogP contribution in [-0.2, 0) is 10.4 Å². The summed E-state index contributed by atoms with van der Waals surface area (Å²) < 4.78 is 0. The highest BCUT2D eigenvalue weighted by Gasteiger charge is 2.50. The van der Waals surface area contributed by atoms with E-state index in [0.717, 1.165) is 16.7 Å². The zero-order chi connectivity index (χ0) is 27.7. The largest absolute Gasteiger partial charge is 0.384 e. The first-order chi connectivity index (χ1) is 17.9. The molecule has 0 radical (unpaired) electrons. The highest BCUT2D eigenvalue weighted by Crippen LogP contribution is 2.46. The fourth-order valence-electron chi connectivity index (χ4n) is 5.23. The Morgan fingerprint density at radius 3 is 2.29 bits per heavy atom. The molecule has 38 heavy (non-hydrogen) atoms. The van der Waals surface area contributed by atoms with Gasteiger partial charge < -0.3 is 15.3 Å². The van der Waals surface area contributed by atoms with E-state index in [1.165, 1.54) is 0 Å². The molecule has 200 valence electrons. The zero-order valence-corrected chi connectivity index (χ0v) is 23.7. The van der Waals surface area contributed by atoms with Crippen molar-refractivity contribution >= 4 is 35.0 Å². The topological polar surface area (TPSA) is 69.6 Å². The molecule has 3 aromatic rings. The molecule has 4 rings (SSSR count). The minimum Gasteiger partial charge on any atom is -0.384 e. The van der Waals surface area contributed by atoms with Crippen molar-refractivity contribution in [3.05, 3.63) is 94.0 Å². The maximum atomic E-state index is 13.7. The van der Waals surface area contributed by atoms with Crippen LogP contribution < -0.4 is 5.32 Å². The predicted octanol–water partition coefficient (Wildman–Crippen LogP) is 6.56. The lowest BCUT2D eigenvalue weighted by Crippen LogP contribution is -2.60. The molecule has 0 aromatic heterocycles. The smallest absolute Gasteiger partial charge is 0.251 e. The van der Waals surface area contributed by atoms with E-state index in [1.54, 1.807) is 29.2 Å². The molecule has 5 nitrogen and oxygen atoms in total. The molecule has 7 heteroatoms. The second-order valence-electron chi connectivity index (χ2n) is 11.0. The third kappa shape index (κ3) is 5.61. The number of amides is 2. The van der Waals surface area contributed by atoms with Crippen molar-refractivity contribution in [1.29, 1.82) is 0 Å². The van der Waals surface area contributed by atoms with E-state index in [0.29, 0.717) is 35.1 Å². The number of hydrogen-bond acceptors (Lipinski definition) is 3. The quantitative estimate of drug-likeness (QED) is 0.363. The predicted molar refractivity (Wildman–Crippen MR) is 153 cm³/mol. The average Bonchev–Trinajstić information content (AvgIpc) is 2.89. The fraction of sp³-hybridized carbons (Fsp3) is 0.355. The molecule has 1 heterocycles. The number of carbonyl (C=O) groups is 2. The summed E-state index contributed by atoms with van der Waals surface area (Å²) in [6.07, 6.45) is 0.381. The summed E-state index contributed by atoms with van der Waals surface area (Å²) in [4.78, 5) is 28.8. The Morgan fingerprint density at radius 2 is 1.66 bits per heavy atom. The summed E-state index contributed by atoms with van der Waals surface area (Å²) in [5, 5.41) is 15.9. The number of aliphatic hydroxyl groups is 1. The molecule has 0 aliphatic carbocycles. The number of nitrogens with one attached hydrogen (secondary N) is 1. The van der Waals surface area contributed by atoms with Crippen LogP contribution in [0.3, 0.4) is 0 Å². The third-order valence-electron chi connectivity index (χ3n) is 7.61. The van der Waals surface area contributed by atoms with Crippen molar-refractivity contribution in [2.75, 3.05) is 13.1 Å². The first-order valence-corrected chi connectivity index (χ1v) is 13.6. The molecular formula is C31H34Cl2N2O3. The minimum absolute atomic E-state index is 0.126. The van der Waals surface area contributed by atoms with Crippen molar-refractivity contribution < 1.29 is 14.7 Å². The van der Waals surface area contributed by atoms with Crippen molar-refractivity contribution in [3.8, 4) is 11.1 Å². The van der Waals surface area contributed by atoms with Crippen molar-refractivity contribution in [3.63, 3.8) is 0 Å². The van der Waals surface area contributed by atoms with Crippen molar-refractivity contribution in [2.45, 2.75) is 45.8 Å². The van der Waals surface area contributed by atoms with Gasteiger partial charge in [0.15, 0.2) is 0 Å². The van der Waals surface area contributed by atoms with Crippen LogP contribution >= 0.6 is 23.2 Å². The molecule has 1 saturated heterocycles. The number of rotatable bonds is 6. The summed E-state index contributed by atoms with van der Waals surface area (Å²) in [5.41, 5.74) is 1.18. The Morgan fingerprint density at radius 1 is 0.974 bits per heavy atom. The van der Waals surface area contributed by atoms with E-state index < -0.39 is 17.1 Å². The maximum Gasteiger partial charge on any atom is 0.251 e. The van der Waals surface area contributed by atoms with Gasteiger partial charge in [0.25, 0.3) is 5.91 Å². The number of nitrogens with zero attached hydrogens (tertiary/aromatic N) is 1. The number of piperidine rings is 1. The Hall–Kier alpha value is -2.86. The third-order valence-corrected chi connectivity index (χ3v) is 8.19. The molecule has 0 bridgehead atoms. The molecular weight excluding hydrogens is 519 g/mol. The maximum absolute atomic E-state index is 13.7. The van der Waals surface area contributed by atoms with Crippen LogP contribution in [0.2, 0.25) is 10.0 Å². The first kappa shape index (κ1) is 28.2. The van der Waals surface area contributed by atoms with Crippen LogP contribution in [0.15, 0.2) is 72.8 Å². The SMILES string of the molecule is CC(C)[C@@H](NC(=O)c1cccc(-c2ccccc2Cl)c1)C(=O)N1CC[C@](O)(c2ccc(Cl)cc2)C(C)(C)C1. The van der Waals surface area contributed by atoms with Gasteiger partial charge in [-0.15, -0.1) is 0 Å². The molecule has 0 unspecified atom stereocenters.